The number of hydrogen-bond acceptors (Lipinski definition) is 2. The summed E-state index contributed by atoms with van der Waals surface area (Å²) in [7, 11) is 1.69. The van der Waals surface area contributed by atoms with E-state index in [0.717, 1.165) is 22.3 Å². The predicted molar refractivity (Wildman–Crippen MR) is 77.1 cm³/mol. The van der Waals surface area contributed by atoms with Gasteiger partial charge in [0.2, 0.25) is 0 Å². The van der Waals surface area contributed by atoms with Crippen molar-refractivity contribution >= 4 is 10.9 Å². The van der Waals surface area contributed by atoms with Gasteiger partial charge in [0, 0.05) is 29.0 Å². The standard InChI is InChI=1S/C16H16N2O/c1-11-6-7-12(2)18(11)15-10-14(19-3)9-13-5-4-8-17-16(13)15/h4-10H,1-3H3. The Kier molecular flexibility index (Phi) is 2.75. The van der Waals surface area contributed by atoms with Crippen LogP contribution in [0.1, 0.15) is 11.4 Å². The Morgan fingerprint density at radius 3 is 2.47 bits per heavy atom. The van der Waals surface area contributed by atoms with Crippen molar-refractivity contribution in [3.8, 4) is 11.4 Å². The first-order chi connectivity index (χ1) is 9.20. The SMILES string of the molecule is COc1cc(-n2c(C)ccc2C)c2ncccc2c1. The first-order valence-electron chi connectivity index (χ1n) is 6.29. The fraction of sp³-hybridized carbons (Fsp3) is 0.188. The Labute approximate surface area is 112 Å². The van der Waals surface area contributed by atoms with Gasteiger partial charge < -0.3 is 9.30 Å². The highest BCUT2D eigenvalue weighted by Gasteiger charge is 2.11. The summed E-state index contributed by atoms with van der Waals surface area (Å²) >= 11 is 0. The van der Waals surface area contributed by atoms with Crippen LogP contribution in [0.5, 0.6) is 5.75 Å². The van der Waals surface area contributed by atoms with Gasteiger partial charge in [-0.05, 0) is 38.1 Å². The second-order valence-corrected chi connectivity index (χ2v) is 4.67. The summed E-state index contributed by atoms with van der Waals surface area (Å²) in [5.74, 6) is 0.850. The zero-order chi connectivity index (χ0) is 13.4. The number of rotatable bonds is 2. The summed E-state index contributed by atoms with van der Waals surface area (Å²) in [5, 5.41) is 1.09. The van der Waals surface area contributed by atoms with E-state index < -0.39 is 0 Å². The maximum Gasteiger partial charge on any atom is 0.121 e. The summed E-state index contributed by atoms with van der Waals surface area (Å²) in [5.41, 5.74) is 4.44. The van der Waals surface area contributed by atoms with E-state index in [4.69, 9.17) is 4.74 Å². The fourth-order valence-corrected chi connectivity index (χ4v) is 2.48. The Bertz CT molecular complexity index is 724. The minimum Gasteiger partial charge on any atom is -0.497 e. The summed E-state index contributed by atoms with van der Waals surface area (Å²) in [6.45, 7) is 4.20. The number of nitrogens with zero attached hydrogens (tertiary/aromatic N) is 2. The molecule has 0 saturated carbocycles. The molecular weight excluding hydrogens is 236 g/mol. The quantitative estimate of drug-likeness (QED) is 0.696. The fourth-order valence-electron chi connectivity index (χ4n) is 2.48. The number of aryl methyl sites for hydroxylation is 2. The summed E-state index contributed by atoms with van der Waals surface area (Å²) in [6.07, 6.45) is 1.83. The van der Waals surface area contributed by atoms with Crippen LogP contribution in [0.2, 0.25) is 0 Å². The molecule has 0 aliphatic heterocycles. The largest absolute Gasteiger partial charge is 0.497 e. The number of methoxy groups -OCH3 is 1. The van der Waals surface area contributed by atoms with Gasteiger partial charge in [0.25, 0.3) is 0 Å². The van der Waals surface area contributed by atoms with E-state index in [0.29, 0.717) is 0 Å². The molecule has 0 amide bonds. The van der Waals surface area contributed by atoms with E-state index in [1.807, 2.05) is 24.4 Å². The van der Waals surface area contributed by atoms with Crippen LogP contribution in [0.25, 0.3) is 16.6 Å². The Morgan fingerprint density at radius 1 is 1.05 bits per heavy atom. The molecule has 0 aliphatic rings. The van der Waals surface area contributed by atoms with Crippen LogP contribution in [-0.2, 0) is 0 Å². The average molecular weight is 252 g/mol. The van der Waals surface area contributed by atoms with Gasteiger partial charge in [-0.1, -0.05) is 6.07 Å². The maximum absolute atomic E-state index is 5.40. The van der Waals surface area contributed by atoms with Gasteiger partial charge in [-0.2, -0.15) is 0 Å². The van der Waals surface area contributed by atoms with Crippen LogP contribution in [-0.4, -0.2) is 16.7 Å². The second kappa shape index (κ2) is 4.43. The number of pyridine rings is 1. The normalized spacial score (nSPS) is 10.9. The number of ether oxygens (including phenoxy) is 1. The van der Waals surface area contributed by atoms with Crippen molar-refractivity contribution in [2.75, 3.05) is 7.11 Å². The average Bonchev–Trinajstić information content (AvgIpc) is 2.77. The third kappa shape index (κ3) is 1.87. The van der Waals surface area contributed by atoms with Crippen molar-refractivity contribution in [1.29, 1.82) is 0 Å². The molecule has 3 heteroatoms. The molecule has 96 valence electrons. The third-order valence-electron chi connectivity index (χ3n) is 3.41. The number of benzene rings is 1. The lowest BCUT2D eigenvalue weighted by Gasteiger charge is -2.13. The number of fused-ring (bicyclic) bond motifs is 1. The molecule has 2 aromatic heterocycles. The van der Waals surface area contributed by atoms with Gasteiger partial charge in [0.1, 0.15) is 5.75 Å². The molecule has 0 N–H and O–H groups in total. The molecule has 1 aromatic carbocycles. The van der Waals surface area contributed by atoms with Crippen LogP contribution < -0.4 is 4.74 Å². The van der Waals surface area contributed by atoms with E-state index in [2.05, 4.69) is 41.6 Å². The summed E-state index contributed by atoms with van der Waals surface area (Å²) in [6, 6.07) is 12.3. The lowest BCUT2D eigenvalue weighted by atomic mass is 10.1. The van der Waals surface area contributed by atoms with Gasteiger partial charge >= 0.3 is 0 Å². The highest BCUT2D eigenvalue weighted by atomic mass is 16.5. The molecule has 0 bridgehead atoms. The molecule has 3 aromatic rings. The zero-order valence-electron chi connectivity index (χ0n) is 11.3. The monoisotopic (exact) mass is 252 g/mol. The number of aromatic nitrogens is 2. The Balaban J connectivity index is 2.39. The molecule has 2 heterocycles. The van der Waals surface area contributed by atoms with Crippen molar-refractivity contribution in [2.24, 2.45) is 0 Å². The Morgan fingerprint density at radius 2 is 1.79 bits per heavy atom. The minimum absolute atomic E-state index is 0.850. The molecule has 0 aliphatic carbocycles. The smallest absolute Gasteiger partial charge is 0.121 e. The van der Waals surface area contributed by atoms with Gasteiger partial charge in [0.05, 0.1) is 18.3 Å². The van der Waals surface area contributed by atoms with E-state index in [9.17, 15) is 0 Å². The molecule has 0 spiro atoms. The lowest BCUT2D eigenvalue weighted by molar-refractivity contribution is 0.415. The van der Waals surface area contributed by atoms with Gasteiger partial charge in [0.15, 0.2) is 0 Å². The summed E-state index contributed by atoms with van der Waals surface area (Å²) < 4.78 is 7.61. The molecule has 0 unspecified atom stereocenters. The molecular formula is C16H16N2O. The van der Waals surface area contributed by atoms with Crippen molar-refractivity contribution in [1.82, 2.24) is 9.55 Å². The van der Waals surface area contributed by atoms with Crippen LogP contribution >= 0.6 is 0 Å². The highest BCUT2D eigenvalue weighted by molar-refractivity contribution is 5.88. The first kappa shape index (κ1) is 11.8. The van der Waals surface area contributed by atoms with Crippen molar-refractivity contribution < 1.29 is 4.74 Å². The third-order valence-corrected chi connectivity index (χ3v) is 3.41. The van der Waals surface area contributed by atoms with E-state index >= 15 is 0 Å². The maximum atomic E-state index is 5.40. The zero-order valence-corrected chi connectivity index (χ0v) is 11.3. The first-order valence-corrected chi connectivity index (χ1v) is 6.29. The van der Waals surface area contributed by atoms with E-state index in [1.165, 1.54) is 11.4 Å². The van der Waals surface area contributed by atoms with Gasteiger partial charge in [-0.3, -0.25) is 4.98 Å². The predicted octanol–water partition coefficient (Wildman–Crippen LogP) is 3.65. The van der Waals surface area contributed by atoms with E-state index in [1.54, 1.807) is 7.11 Å². The molecule has 0 radical (unpaired) electrons. The summed E-state index contributed by atoms with van der Waals surface area (Å²) in [4.78, 5) is 4.52. The van der Waals surface area contributed by atoms with Crippen molar-refractivity contribution in [3.63, 3.8) is 0 Å². The van der Waals surface area contributed by atoms with Gasteiger partial charge in [-0.15, -0.1) is 0 Å². The van der Waals surface area contributed by atoms with E-state index in [-0.39, 0.29) is 0 Å². The molecule has 3 rings (SSSR count). The molecule has 3 nitrogen and oxygen atoms in total. The molecule has 19 heavy (non-hydrogen) atoms. The second-order valence-electron chi connectivity index (χ2n) is 4.67. The van der Waals surface area contributed by atoms with Crippen LogP contribution in [0.15, 0.2) is 42.6 Å². The van der Waals surface area contributed by atoms with Crippen LogP contribution in [0, 0.1) is 13.8 Å². The van der Waals surface area contributed by atoms with Crippen molar-refractivity contribution in [3.05, 3.63) is 54.0 Å². The highest BCUT2D eigenvalue weighted by Crippen LogP contribution is 2.28. The van der Waals surface area contributed by atoms with Gasteiger partial charge in [-0.25, -0.2) is 0 Å². The van der Waals surface area contributed by atoms with Crippen molar-refractivity contribution in [2.45, 2.75) is 13.8 Å². The minimum atomic E-state index is 0.850. The topological polar surface area (TPSA) is 27.1 Å². The Hall–Kier alpha value is -2.29. The van der Waals surface area contributed by atoms with Crippen LogP contribution in [0.3, 0.4) is 0 Å². The van der Waals surface area contributed by atoms with Crippen LogP contribution in [0.4, 0.5) is 0 Å². The molecule has 0 fully saturated rings. The lowest BCUT2D eigenvalue weighted by Crippen LogP contribution is -2.01. The number of hydrogen-bond donors (Lipinski definition) is 0. The molecule has 0 atom stereocenters. The molecule has 0 saturated heterocycles.